The Morgan fingerprint density at radius 3 is 2.66 bits per heavy atom. The van der Waals surface area contributed by atoms with Gasteiger partial charge in [-0.25, -0.2) is 0 Å². The van der Waals surface area contributed by atoms with Crippen molar-refractivity contribution in [3.63, 3.8) is 0 Å². The second kappa shape index (κ2) is 9.49. The fourth-order valence-corrected chi connectivity index (χ4v) is 6.71. The lowest BCUT2D eigenvalue weighted by Crippen LogP contribution is -2.28. The Kier molecular flexibility index (Phi) is 6.77. The number of phenolic OH excluding ortho intramolecular Hbond substituents is 1. The molecule has 1 N–H and O–H groups in total. The van der Waals surface area contributed by atoms with Crippen LogP contribution in [0, 0.1) is 3.82 Å². The third-order valence-corrected chi connectivity index (χ3v) is 8.69. The fourth-order valence-electron chi connectivity index (χ4n) is 3.80. The largest absolute Gasteiger partial charge is 0.508 e. The first-order valence-electron chi connectivity index (χ1n) is 9.99. The Morgan fingerprint density at radius 1 is 1.00 bits per heavy atom. The maximum absolute atomic E-state index is 10.5. The molecule has 0 aliphatic carbocycles. The third-order valence-electron chi connectivity index (χ3n) is 5.49. The smallest absolute Gasteiger partial charge is 0.120 e. The van der Waals surface area contributed by atoms with E-state index in [9.17, 15) is 5.11 Å². The molecule has 0 atom stereocenters. The molecule has 4 rings (SSSR count). The van der Waals surface area contributed by atoms with E-state index in [1.807, 2.05) is 18.2 Å². The molecule has 3 aromatic rings. The predicted octanol–water partition coefficient (Wildman–Crippen LogP) is 5.64. The molecular weight excluding hydrogens is 416 g/mol. The summed E-state index contributed by atoms with van der Waals surface area (Å²) in [6.07, 6.45) is 2.02. The van der Waals surface area contributed by atoms with Crippen LogP contribution in [-0.2, 0) is 13.0 Å². The summed E-state index contributed by atoms with van der Waals surface area (Å²) in [5.41, 5.74) is 4.67. The first-order chi connectivity index (χ1) is 14.1. The van der Waals surface area contributed by atoms with Crippen LogP contribution in [-0.4, -0.2) is 48.1 Å². The van der Waals surface area contributed by atoms with Crippen LogP contribution in [0.25, 0.3) is 10.4 Å². The van der Waals surface area contributed by atoms with Gasteiger partial charge in [-0.15, -0.1) is 0 Å². The van der Waals surface area contributed by atoms with Gasteiger partial charge in [0.2, 0.25) is 0 Å². The zero-order chi connectivity index (χ0) is 20.2. The van der Waals surface area contributed by atoms with Crippen LogP contribution in [0.5, 0.6) is 5.75 Å². The number of likely N-dealkylation sites (N-methyl/N-ethyl adjacent to an activating group) is 1. The highest BCUT2D eigenvalue weighted by Crippen LogP contribution is 2.37. The molecule has 1 aromatic heterocycles. The minimum atomic E-state index is 0.384. The van der Waals surface area contributed by atoms with Crippen molar-refractivity contribution in [1.29, 1.82) is 0 Å². The van der Waals surface area contributed by atoms with Crippen LogP contribution in [0.1, 0.15) is 23.1 Å². The number of nitrogens with zero attached hydrogens (tertiary/aromatic N) is 2. The maximum atomic E-state index is 10.5. The minimum absolute atomic E-state index is 0.384. The summed E-state index contributed by atoms with van der Waals surface area (Å²) < 4.78 is 0.971. The van der Waals surface area contributed by atoms with E-state index in [1.54, 1.807) is 20.7 Å². The van der Waals surface area contributed by atoms with Gasteiger partial charge in [0.15, 0.2) is 0 Å². The topological polar surface area (TPSA) is 26.7 Å². The first-order valence-corrected chi connectivity index (χ1v) is 12.5. The summed E-state index contributed by atoms with van der Waals surface area (Å²) in [7, 11) is 5.60. The number of rotatable bonds is 5. The van der Waals surface area contributed by atoms with Gasteiger partial charge in [-0.1, -0.05) is 63.2 Å². The van der Waals surface area contributed by atoms with Gasteiger partial charge < -0.3 is 10.0 Å². The van der Waals surface area contributed by atoms with E-state index >= 15 is 0 Å². The van der Waals surface area contributed by atoms with E-state index in [1.165, 1.54) is 22.4 Å². The molecule has 1 saturated heterocycles. The molecule has 0 bridgehead atoms. The molecule has 1 aliphatic rings. The van der Waals surface area contributed by atoms with Crippen molar-refractivity contribution < 1.29 is 5.11 Å². The van der Waals surface area contributed by atoms with Crippen molar-refractivity contribution in [3.8, 4) is 16.2 Å². The lowest BCUT2D eigenvalue weighted by molar-refractivity contribution is 0.266. The third kappa shape index (κ3) is 5.13. The molecule has 0 saturated carbocycles. The number of benzene rings is 2. The average molecular weight is 443 g/mol. The number of hydrogen-bond acceptors (Lipinski definition) is 6. The Morgan fingerprint density at radius 2 is 1.83 bits per heavy atom. The molecule has 29 heavy (non-hydrogen) atoms. The van der Waals surface area contributed by atoms with Crippen LogP contribution in [0.2, 0.25) is 0 Å². The van der Waals surface area contributed by atoms with Crippen molar-refractivity contribution in [3.05, 3.63) is 69.0 Å². The van der Waals surface area contributed by atoms with Crippen LogP contribution >= 0.6 is 32.9 Å². The average Bonchev–Trinajstić information content (AvgIpc) is 2.95. The highest BCUT2D eigenvalue weighted by molar-refractivity contribution is 7.80. The molecule has 1 aliphatic heterocycles. The second-order valence-corrected chi connectivity index (χ2v) is 10.5. The Hall–Kier alpha value is -1.57. The van der Waals surface area contributed by atoms with Crippen LogP contribution in [0.15, 0.2) is 48.5 Å². The molecule has 0 radical (unpaired) electrons. The van der Waals surface area contributed by atoms with Crippen molar-refractivity contribution in [2.75, 3.05) is 33.2 Å². The highest BCUT2D eigenvalue weighted by atomic mass is 32.9. The second-order valence-electron chi connectivity index (χ2n) is 7.70. The molecule has 3 nitrogen and oxygen atoms in total. The quantitative estimate of drug-likeness (QED) is 0.409. The number of phenols is 1. The molecule has 0 unspecified atom stereocenters. The summed E-state index contributed by atoms with van der Waals surface area (Å²) in [6, 6.07) is 16.5. The number of hydrogen-bond donors (Lipinski definition) is 1. The lowest BCUT2D eigenvalue weighted by Gasteiger charge is -2.21. The number of aromatic hydroxyl groups is 1. The van der Waals surface area contributed by atoms with Gasteiger partial charge in [0, 0.05) is 37.2 Å². The molecule has 6 heteroatoms. The highest BCUT2D eigenvalue weighted by Gasteiger charge is 2.17. The SMILES string of the molecule is CN1CCCN(Cc2cc(-c3ssc(=S)c3Cc3ccccc3)ccc2O)CC1. The van der Waals surface area contributed by atoms with Gasteiger partial charge in [-0.3, -0.25) is 4.90 Å². The van der Waals surface area contributed by atoms with E-state index in [2.05, 4.69) is 47.2 Å². The van der Waals surface area contributed by atoms with Gasteiger partial charge in [-0.05, 0) is 55.9 Å². The standard InChI is InChI=1S/C23H26N2OS3/c1-24-10-5-11-25(13-12-24)16-19-15-18(8-9-21(19)26)22-20(23(27)29-28-22)14-17-6-3-2-4-7-17/h2-4,6-9,15,26H,5,10-14,16H2,1H3. The van der Waals surface area contributed by atoms with Crippen LogP contribution < -0.4 is 0 Å². The van der Waals surface area contributed by atoms with Crippen LogP contribution in [0.4, 0.5) is 0 Å². The first kappa shape index (κ1) is 20.7. The van der Waals surface area contributed by atoms with Gasteiger partial charge in [-0.2, -0.15) is 0 Å². The molecule has 152 valence electrons. The van der Waals surface area contributed by atoms with E-state index in [0.717, 1.165) is 54.1 Å². The molecule has 0 spiro atoms. The summed E-state index contributed by atoms with van der Waals surface area (Å²) in [6.45, 7) is 5.12. The molecule has 2 aromatic carbocycles. The van der Waals surface area contributed by atoms with Crippen LogP contribution in [0.3, 0.4) is 0 Å². The van der Waals surface area contributed by atoms with Gasteiger partial charge in [0.05, 0.1) is 4.88 Å². The van der Waals surface area contributed by atoms with E-state index in [4.69, 9.17) is 12.2 Å². The monoisotopic (exact) mass is 442 g/mol. The summed E-state index contributed by atoms with van der Waals surface area (Å²) in [5.74, 6) is 0.384. The lowest BCUT2D eigenvalue weighted by atomic mass is 10.0. The van der Waals surface area contributed by atoms with Gasteiger partial charge in [0.1, 0.15) is 9.57 Å². The normalized spacial score (nSPS) is 16.0. The Balaban J connectivity index is 1.60. The van der Waals surface area contributed by atoms with Gasteiger partial charge >= 0.3 is 0 Å². The summed E-state index contributed by atoms with van der Waals surface area (Å²) >= 11 is 5.65. The summed E-state index contributed by atoms with van der Waals surface area (Å²) in [5, 5.41) is 10.5. The van der Waals surface area contributed by atoms with E-state index in [-0.39, 0.29) is 0 Å². The molecule has 0 amide bonds. The zero-order valence-electron chi connectivity index (χ0n) is 16.6. The molecule has 1 fully saturated rings. The van der Waals surface area contributed by atoms with Crippen molar-refractivity contribution in [2.45, 2.75) is 19.4 Å². The Bertz CT molecular complexity index is 1010. The fraction of sp³-hybridized carbons (Fsp3) is 0.348. The Labute approximate surface area is 185 Å². The van der Waals surface area contributed by atoms with Gasteiger partial charge in [0.25, 0.3) is 0 Å². The van der Waals surface area contributed by atoms with Crippen molar-refractivity contribution >= 4 is 32.9 Å². The zero-order valence-corrected chi connectivity index (χ0v) is 19.1. The summed E-state index contributed by atoms with van der Waals surface area (Å²) in [4.78, 5) is 6.06. The van der Waals surface area contributed by atoms with Crippen molar-refractivity contribution in [2.24, 2.45) is 0 Å². The minimum Gasteiger partial charge on any atom is -0.508 e. The molecular formula is C23H26N2OS3. The molecule has 2 heterocycles. The van der Waals surface area contributed by atoms with Crippen molar-refractivity contribution in [1.82, 2.24) is 9.80 Å². The van der Waals surface area contributed by atoms with E-state index in [0.29, 0.717) is 5.75 Å². The maximum Gasteiger partial charge on any atom is 0.120 e. The predicted molar refractivity (Wildman–Crippen MR) is 127 cm³/mol. The van der Waals surface area contributed by atoms with E-state index < -0.39 is 0 Å².